The average Bonchev–Trinajstić information content (AvgIpc) is 3.47. The van der Waals surface area contributed by atoms with Crippen LogP contribution in [0.4, 0.5) is 0 Å². The third-order valence-electron chi connectivity index (χ3n) is 6.64. The zero-order valence-corrected chi connectivity index (χ0v) is 22.4. The van der Waals surface area contributed by atoms with Gasteiger partial charge in [0.15, 0.2) is 11.5 Å². The maximum atomic E-state index is 13.8. The monoisotopic (exact) mass is 518 g/mol. The third kappa shape index (κ3) is 7.97. The fraction of sp³-hybridized carbons (Fsp3) is 0.387. The van der Waals surface area contributed by atoms with Crippen LogP contribution in [-0.2, 0) is 11.2 Å². The molecule has 0 radical (unpaired) electrons. The summed E-state index contributed by atoms with van der Waals surface area (Å²) in [6, 6.07) is 23.2. The van der Waals surface area contributed by atoms with Gasteiger partial charge >= 0.3 is 0 Å². The first-order chi connectivity index (χ1) is 18.7. The Morgan fingerprint density at radius 2 is 1.79 bits per heavy atom. The highest BCUT2D eigenvalue weighted by atomic mass is 16.5. The number of para-hydroxylation sites is 1. The first-order valence-corrected chi connectivity index (χ1v) is 13.3. The van der Waals surface area contributed by atoms with Gasteiger partial charge in [0, 0.05) is 38.8 Å². The van der Waals surface area contributed by atoms with Gasteiger partial charge in [-0.15, -0.1) is 0 Å². The summed E-state index contributed by atoms with van der Waals surface area (Å²) >= 11 is 0. The summed E-state index contributed by atoms with van der Waals surface area (Å²) in [5.41, 5.74) is 1.72. The summed E-state index contributed by atoms with van der Waals surface area (Å²) in [5.74, 6) is 3.21. The highest BCUT2D eigenvalue weighted by Crippen LogP contribution is 2.29. The van der Waals surface area contributed by atoms with E-state index in [1.165, 1.54) is 0 Å². The molecule has 0 spiro atoms. The van der Waals surface area contributed by atoms with Crippen molar-refractivity contribution in [1.29, 1.82) is 0 Å². The van der Waals surface area contributed by atoms with E-state index in [0.29, 0.717) is 49.3 Å². The van der Waals surface area contributed by atoms with E-state index in [9.17, 15) is 4.79 Å². The number of hydrogen-bond donors (Lipinski definition) is 1. The number of ether oxygens (including phenoxy) is 4. The van der Waals surface area contributed by atoms with Crippen molar-refractivity contribution in [2.75, 3.05) is 53.6 Å². The summed E-state index contributed by atoms with van der Waals surface area (Å²) in [5, 5.41) is 3.42. The second-order valence-electron chi connectivity index (χ2n) is 9.48. The van der Waals surface area contributed by atoms with E-state index in [4.69, 9.17) is 18.9 Å². The Labute approximate surface area is 225 Å². The van der Waals surface area contributed by atoms with Crippen LogP contribution >= 0.6 is 0 Å². The maximum Gasteiger partial charge on any atom is 0.254 e. The standard InChI is InChI=1S/C31H38N2O5/c1-35-18-7-19-37-30-21-26(12-13-29(30)36-2)31(34)33(23-25-14-16-32-22-25)17-15-24-8-6-11-28(20-24)38-27-9-4-3-5-10-27/h3-6,8-13,20-21,25,32H,7,14-19,22-23H2,1-2H3. The molecule has 3 aromatic rings. The van der Waals surface area contributed by atoms with Crippen molar-refractivity contribution in [3.63, 3.8) is 0 Å². The molecule has 3 aromatic carbocycles. The molecule has 1 aliphatic rings. The van der Waals surface area contributed by atoms with Crippen LogP contribution in [0.25, 0.3) is 0 Å². The first-order valence-electron chi connectivity index (χ1n) is 13.3. The Kier molecular flexibility index (Phi) is 10.4. The van der Waals surface area contributed by atoms with E-state index < -0.39 is 0 Å². The van der Waals surface area contributed by atoms with Gasteiger partial charge in [-0.25, -0.2) is 0 Å². The number of amides is 1. The molecule has 0 bridgehead atoms. The van der Waals surface area contributed by atoms with Crippen molar-refractivity contribution in [3.05, 3.63) is 83.9 Å². The van der Waals surface area contributed by atoms with Crippen molar-refractivity contribution in [1.82, 2.24) is 10.2 Å². The minimum atomic E-state index is -0.00187. The molecular formula is C31H38N2O5. The lowest BCUT2D eigenvalue weighted by Crippen LogP contribution is -2.37. The van der Waals surface area contributed by atoms with E-state index in [2.05, 4.69) is 11.4 Å². The Balaban J connectivity index is 1.46. The summed E-state index contributed by atoms with van der Waals surface area (Å²) in [4.78, 5) is 15.7. The molecule has 0 aromatic heterocycles. The highest BCUT2D eigenvalue weighted by Gasteiger charge is 2.23. The van der Waals surface area contributed by atoms with E-state index in [-0.39, 0.29) is 5.91 Å². The fourth-order valence-corrected chi connectivity index (χ4v) is 4.60. The molecule has 0 aliphatic carbocycles. The minimum Gasteiger partial charge on any atom is -0.493 e. The van der Waals surface area contributed by atoms with Gasteiger partial charge in [-0.05, 0) is 79.9 Å². The van der Waals surface area contributed by atoms with Crippen molar-refractivity contribution >= 4 is 5.91 Å². The fourth-order valence-electron chi connectivity index (χ4n) is 4.60. The molecule has 1 atom stereocenters. The van der Waals surface area contributed by atoms with Crippen molar-refractivity contribution < 1.29 is 23.7 Å². The molecule has 4 rings (SSSR count). The number of nitrogens with one attached hydrogen (secondary N) is 1. The molecule has 1 unspecified atom stereocenters. The number of carbonyl (C=O) groups is 1. The molecule has 1 fully saturated rings. The zero-order valence-electron chi connectivity index (χ0n) is 22.4. The Hall–Kier alpha value is -3.55. The normalized spacial score (nSPS) is 14.7. The quantitative estimate of drug-likeness (QED) is 0.296. The molecule has 1 heterocycles. The van der Waals surface area contributed by atoms with Gasteiger partial charge in [-0.2, -0.15) is 0 Å². The largest absolute Gasteiger partial charge is 0.493 e. The Morgan fingerprint density at radius 1 is 0.947 bits per heavy atom. The summed E-state index contributed by atoms with van der Waals surface area (Å²) in [7, 11) is 3.27. The lowest BCUT2D eigenvalue weighted by Gasteiger charge is -2.26. The zero-order chi connectivity index (χ0) is 26.6. The van der Waals surface area contributed by atoms with Crippen LogP contribution < -0.4 is 19.5 Å². The van der Waals surface area contributed by atoms with E-state index >= 15 is 0 Å². The second-order valence-corrected chi connectivity index (χ2v) is 9.48. The third-order valence-corrected chi connectivity index (χ3v) is 6.64. The van der Waals surface area contributed by atoms with Crippen molar-refractivity contribution in [2.45, 2.75) is 19.3 Å². The van der Waals surface area contributed by atoms with Gasteiger partial charge in [0.2, 0.25) is 0 Å². The van der Waals surface area contributed by atoms with Crippen LogP contribution in [0.3, 0.4) is 0 Å². The summed E-state index contributed by atoms with van der Waals surface area (Å²) in [6.45, 7) is 4.35. The van der Waals surface area contributed by atoms with E-state index in [1.54, 1.807) is 26.4 Å². The lowest BCUT2D eigenvalue weighted by molar-refractivity contribution is 0.0733. The molecule has 1 amide bonds. The molecule has 38 heavy (non-hydrogen) atoms. The van der Waals surface area contributed by atoms with Gasteiger partial charge in [0.25, 0.3) is 5.91 Å². The molecule has 1 aliphatic heterocycles. The molecule has 7 heteroatoms. The Bertz CT molecular complexity index is 1150. The molecule has 202 valence electrons. The van der Waals surface area contributed by atoms with E-state index in [1.807, 2.05) is 59.5 Å². The SMILES string of the molecule is COCCCOc1cc(C(=O)N(CCc2cccc(Oc3ccccc3)c2)CC2CCNC2)ccc1OC. The number of benzene rings is 3. The molecule has 7 nitrogen and oxygen atoms in total. The summed E-state index contributed by atoms with van der Waals surface area (Å²) in [6.07, 6.45) is 2.56. The maximum absolute atomic E-state index is 13.8. The predicted octanol–water partition coefficient (Wildman–Crippen LogP) is 5.20. The highest BCUT2D eigenvalue weighted by molar-refractivity contribution is 5.95. The first kappa shape index (κ1) is 27.5. The van der Waals surface area contributed by atoms with Gasteiger partial charge < -0.3 is 29.2 Å². The van der Waals surface area contributed by atoms with Crippen LogP contribution in [-0.4, -0.2) is 64.4 Å². The van der Waals surface area contributed by atoms with Crippen LogP contribution in [0.2, 0.25) is 0 Å². The number of methoxy groups -OCH3 is 2. The van der Waals surface area contributed by atoms with E-state index in [0.717, 1.165) is 49.4 Å². The van der Waals surface area contributed by atoms with Gasteiger partial charge in [0.1, 0.15) is 11.5 Å². The molecule has 0 saturated carbocycles. The van der Waals surface area contributed by atoms with Gasteiger partial charge in [0.05, 0.1) is 13.7 Å². The second kappa shape index (κ2) is 14.4. The molecule has 1 saturated heterocycles. The van der Waals surface area contributed by atoms with Crippen LogP contribution in [0.15, 0.2) is 72.8 Å². The number of nitrogens with zero attached hydrogens (tertiary/aromatic N) is 1. The number of hydrogen-bond acceptors (Lipinski definition) is 6. The average molecular weight is 519 g/mol. The smallest absolute Gasteiger partial charge is 0.254 e. The van der Waals surface area contributed by atoms with Crippen LogP contribution in [0.5, 0.6) is 23.0 Å². The number of rotatable bonds is 14. The van der Waals surface area contributed by atoms with Crippen LogP contribution in [0.1, 0.15) is 28.8 Å². The predicted molar refractivity (Wildman–Crippen MR) is 149 cm³/mol. The van der Waals surface area contributed by atoms with Gasteiger partial charge in [-0.1, -0.05) is 30.3 Å². The topological polar surface area (TPSA) is 69.3 Å². The lowest BCUT2D eigenvalue weighted by atomic mass is 10.1. The minimum absolute atomic E-state index is 0.00187. The number of carbonyl (C=O) groups excluding carboxylic acids is 1. The van der Waals surface area contributed by atoms with Crippen molar-refractivity contribution in [2.24, 2.45) is 5.92 Å². The molecule has 1 N–H and O–H groups in total. The van der Waals surface area contributed by atoms with Gasteiger partial charge in [-0.3, -0.25) is 4.79 Å². The van der Waals surface area contributed by atoms with Crippen molar-refractivity contribution in [3.8, 4) is 23.0 Å². The van der Waals surface area contributed by atoms with Crippen LogP contribution in [0, 0.1) is 5.92 Å². The summed E-state index contributed by atoms with van der Waals surface area (Å²) < 4.78 is 22.5. The Morgan fingerprint density at radius 3 is 2.55 bits per heavy atom. The molecular weight excluding hydrogens is 480 g/mol.